The number of aromatic nitrogens is 1. The molecule has 1 aliphatic carbocycles. The highest BCUT2D eigenvalue weighted by atomic mass is 32.1. The Kier molecular flexibility index (Phi) is 2.97. The zero-order valence-corrected chi connectivity index (χ0v) is 11.0. The quantitative estimate of drug-likeness (QED) is 0.543. The lowest BCUT2D eigenvalue weighted by Gasteiger charge is -2.05. The lowest BCUT2D eigenvalue weighted by molar-refractivity contribution is 0.191. The molecule has 96 valence electrons. The fourth-order valence-corrected chi connectivity index (χ4v) is 3.56. The first-order chi connectivity index (χ1) is 8.66. The predicted octanol–water partition coefficient (Wildman–Crippen LogP) is 2.10. The van der Waals surface area contributed by atoms with Gasteiger partial charge < -0.3 is 16.6 Å². The van der Waals surface area contributed by atoms with Gasteiger partial charge in [0.25, 0.3) is 0 Å². The van der Waals surface area contributed by atoms with E-state index >= 15 is 0 Å². The fraction of sp³-hybridized carbons (Fsp3) is 0.462. The highest BCUT2D eigenvalue weighted by Gasteiger charge is 2.18. The highest BCUT2D eigenvalue weighted by molar-refractivity contribution is 7.19. The van der Waals surface area contributed by atoms with E-state index in [4.69, 9.17) is 16.5 Å². The summed E-state index contributed by atoms with van der Waals surface area (Å²) in [5, 5.41) is 10.4. The Labute approximate surface area is 110 Å². The van der Waals surface area contributed by atoms with Gasteiger partial charge in [-0.3, -0.25) is 0 Å². The van der Waals surface area contributed by atoms with Gasteiger partial charge in [0.15, 0.2) is 0 Å². The van der Waals surface area contributed by atoms with Crippen molar-refractivity contribution in [3.05, 3.63) is 22.2 Å². The Morgan fingerprint density at radius 3 is 2.83 bits per heavy atom. The molecule has 4 nitrogen and oxygen atoms in total. The van der Waals surface area contributed by atoms with E-state index < -0.39 is 6.23 Å². The van der Waals surface area contributed by atoms with Crippen molar-refractivity contribution in [1.82, 2.24) is 4.98 Å². The second-order valence-corrected chi connectivity index (χ2v) is 5.86. The number of nitrogen functional groups attached to an aromatic ring is 1. The Bertz CT molecular complexity index is 591. The summed E-state index contributed by atoms with van der Waals surface area (Å²) in [6.45, 7) is 0. The molecule has 0 aliphatic heterocycles. The SMILES string of the molecule is Nc1c(C(N)O)sc2nc3c(cc12)CCCCC3. The van der Waals surface area contributed by atoms with Crippen molar-refractivity contribution >= 4 is 27.2 Å². The number of pyridine rings is 1. The number of anilines is 1. The Balaban J connectivity index is 2.19. The second-order valence-electron chi connectivity index (χ2n) is 4.83. The average molecular weight is 263 g/mol. The molecule has 3 rings (SSSR count). The van der Waals surface area contributed by atoms with Gasteiger partial charge >= 0.3 is 0 Å². The third kappa shape index (κ3) is 1.88. The van der Waals surface area contributed by atoms with Crippen molar-refractivity contribution in [3.63, 3.8) is 0 Å². The van der Waals surface area contributed by atoms with Gasteiger partial charge in [0, 0.05) is 11.1 Å². The molecule has 0 aromatic carbocycles. The number of rotatable bonds is 1. The van der Waals surface area contributed by atoms with Crippen LogP contribution in [0.4, 0.5) is 5.69 Å². The summed E-state index contributed by atoms with van der Waals surface area (Å²) in [6.07, 6.45) is 4.81. The number of aliphatic hydroxyl groups excluding tert-OH is 1. The summed E-state index contributed by atoms with van der Waals surface area (Å²) >= 11 is 1.40. The van der Waals surface area contributed by atoms with Gasteiger partial charge in [0.05, 0.1) is 10.6 Å². The van der Waals surface area contributed by atoms with Crippen molar-refractivity contribution in [2.24, 2.45) is 5.73 Å². The number of hydrogen-bond donors (Lipinski definition) is 3. The Morgan fingerprint density at radius 2 is 2.06 bits per heavy atom. The van der Waals surface area contributed by atoms with Gasteiger partial charge in [0.1, 0.15) is 11.1 Å². The molecule has 18 heavy (non-hydrogen) atoms. The molecule has 0 saturated heterocycles. The maximum absolute atomic E-state index is 9.50. The fourth-order valence-electron chi connectivity index (χ4n) is 2.57. The minimum absolute atomic E-state index is 0.588. The first kappa shape index (κ1) is 11.9. The molecule has 1 atom stereocenters. The Morgan fingerprint density at radius 1 is 1.28 bits per heavy atom. The number of fused-ring (bicyclic) bond motifs is 2. The van der Waals surface area contributed by atoms with Gasteiger partial charge in [0.2, 0.25) is 0 Å². The molecular formula is C13H17N3OS. The molecule has 2 heterocycles. The van der Waals surface area contributed by atoms with Crippen LogP contribution in [0.3, 0.4) is 0 Å². The summed E-state index contributed by atoms with van der Waals surface area (Å²) < 4.78 is 0. The molecule has 1 unspecified atom stereocenters. The van der Waals surface area contributed by atoms with E-state index in [1.54, 1.807) is 0 Å². The molecule has 5 N–H and O–H groups in total. The van der Waals surface area contributed by atoms with E-state index in [0.717, 1.165) is 23.1 Å². The van der Waals surface area contributed by atoms with E-state index in [1.165, 1.54) is 41.9 Å². The maximum Gasteiger partial charge on any atom is 0.139 e. The second kappa shape index (κ2) is 4.50. The predicted molar refractivity (Wildman–Crippen MR) is 74.4 cm³/mol. The number of thiophene rings is 1. The number of nitrogens with zero attached hydrogens (tertiary/aromatic N) is 1. The normalized spacial score (nSPS) is 17.4. The maximum atomic E-state index is 9.50. The molecule has 5 heteroatoms. The summed E-state index contributed by atoms with van der Waals surface area (Å²) in [5.74, 6) is 0. The van der Waals surface area contributed by atoms with Crippen LogP contribution < -0.4 is 11.5 Å². The molecule has 2 aromatic rings. The molecule has 2 aromatic heterocycles. The van der Waals surface area contributed by atoms with Crippen LogP contribution in [0.1, 0.15) is 41.6 Å². The Hall–Kier alpha value is -1.17. The summed E-state index contributed by atoms with van der Waals surface area (Å²) in [5.41, 5.74) is 14.6. The lowest BCUT2D eigenvalue weighted by atomic mass is 10.1. The minimum Gasteiger partial charge on any atom is -0.397 e. The third-order valence-electron chi connectivity index (χ3n) is 3.55. The van der Waals surface area contributed by atoms with Gasteiger partial charge in [-0.1, -0.05) is 6.42 Å². The van der Waals surface area contributed by atoms with Crippen LogP contribution in [0.2, 0.25) is 0 Å². The monoisotopic (exact) mass is 263 g/mol. The van der Waals surface area contributed by atoms with Crippen LogP contribution in [0.15, 0.2) is 6.07 Å². The van der Waals surface area contributed by atoms with E-state index in [2.05, 4.69) is 6.07 Å². The van der Waals surface area contributed by atoms with Crippen LogP contribution in [0.5, 0.6) is 0 Å². The van der Waals surface area contributed by atoms with Crippen LogP contribution in [0.25, 0.3) is 10.2 Å². The molecular weight excluding hydrogens is 246 g/mol. The van der Waals surface area contributed by atoms with Crippen molar-refractivity contribution < 1.29 is 5.11 Å². The van der Waals surface area contributed by atoms with E-state index in [1.807, 2.05) is 0 Å². The number of nitrogens with two attached hydrogens (primary N) is 2. The van der Waals surface area contributed by atoms with Gasteiger partial charge in [-0.05, 0) is 37.3 Å². The molecule has 0 spiro atoms. The molecule has 0 fully saturated rings. The van der Waals surface area contributed by atoms with Crippen LogP contribution in [-0.2, 0) is 12.8 Å². The van der Waals surface area contributed by atoms with Crippen LogP contribution in [0, 0.1) is 0 Å². The molecule has 1 aliphatic rings. The largest absolute Gasteiger partial charge is 0.397 e. The van der Waals surface area contributed by atoms with E-state index in [-0.39, 0.29) is 0 Å². The minimum atomic E-state index is -1.01. The summed E-state index contributed by atoms with van der Waals surface area (Å²) in [7, 11) is 0. The van der Waals surface area contributed by atoms with Gasteiger partial charge in [-0.25, -0.2) is 4.98 Å². The number of hydrogen-bond acceptors (Lipinski definition) is 5. The van der Waals surface area contributed by atoms with Crippen molar-refractivity contribution in [2.45, 2.75) is 38.3 Å². The standard InChI is InChI=1S/C13H17N3OS/c14-10-8-6-7-4-2-1-3-5-9(7)16-13(8)18-11(10)12(15)17/h6,12,17H,1-5,14-15H2. The molecule has 0 amide bonds. The highest BCUT2D eigenvalue weighted by Crippen LogP contribution is 2.37. The zero-order chi connectivity index (χ0) is 12.7. The smallest absolute Gasteiger partial charge is 0.139 e. The van der Waals surface area contributed by atoms with Crippen molar-refractivity contribution in [1.29, 1.82) is 0 Å². The topological polar surface area (TPSA) is 85.2 Å². The van der Waals surface area contributed by atoms with Crippen LogP contribution in [-0.4, -0.2) is 10.1 Å². The van der Waals surface area contributed by atoms with Gasteiger partial charge in [-0.15, -0.1) is 11.3 Å². The third-order valence-corrected chi connectivity index (χ3v) is 4.73. The number of aliphatic hydroxyl groups is 1. The van der Waals surface area contributed by atoms with E-state index in [0.29, 0.717) is 10.6 Å². The molecule has 0 bridgehead atoms. The van der Waals surface area contributed by atoms with Crippen molar-refractivity contribution in [3.8, 4) is 0 Å². The average Bonchev–Trinajstić information content (AvgIpc) is 2.53. The van der Waals surface area contributed by atoms with E-state index in [9.17, 15) is 5.11 Å². The summed E-state index contributed by atoms with van der Waals surface area (Å²) in [6, 6.07) is 2.14. The molecule has 0 saturated carbocycles. The first-order valence-corrected chi connectivity index (χ1v) is 7.13. The van der Waals surface area contributed by atoms with Crippen molar-refractivity contribution in [2.75, 3.05) is 5.73 Å². The van der Waals surface area contributed by atoms with Crippen LogP contribution >= 0.6 is 11.3 Å². The first-order valence-electron chi connectivity index (χ1n) is 6.31. The van der Waals surface area contributed by atoms with Gasteiger partial charge in [-0.2, -0.15) is 0 Å². The lowest BCUT2D eigenvalue weighted by Crippen LogP contribution is -2.08. The number of aryl methyl sites for hydroxylation is 2. The molecule has 0 radical (unpaired) electrons. The zero-order valence-electron chi connectivity index (χ0n) is 10.1. The summed E-state index contributed by atoms with van der Waals surface area (Å²) in [4.78, 5) is 6.23.